The van der Waals surface area contributed by atoms with Crippen molar-refractivity contribution in [3.8, 4) is 0 Å². The number of carboxylic acids is 1. The van der Waals surface area contributed by atoms with Gasteiger partial charge in [0.05, 0.1) is 5.56 Å². The van der Waals surface area contributed by atoms with Gasteiger partial charge in [0.2, 0.25) is 0 Å². The number of carbonyl (C=O) groups excluding carboxylic acids is 1. The van der Waals surface area contributed by atoms with E-state index in [2.05, 4.69) is 15.2 Å². The topological polar surface area (TPSA) is 82.5 Å². The smallest absolute Gasteiger partial charge is 0.335 e. The maximum atomic E-state index is 12.2. The zero-order valence-electron chi connectivity index (χ0n) is 13.9. The van der Waals surface area contributed by atoms with Crippen LogP contribution in [0, 0.1) is 5.92 Å². The number of nitrogens with zero attached hydrogens (tertiary/aromatic N) is 2. The van der Waals surface area contributed by atoms with E-state index in [0.29, 0.717) is 18.0 Å². The number of aromatic nitrogens is 1. The van der Waals surface area contributed by atoms with Crippen molar-refractivity contribution in [2.24, 2.45) is 5.92 Å². The van der Waals surface area contributed by atoms with Crippen molar-refractivity contribution in [1.29, 1.82) is 0 Å². The summed E-state index contributed by atoms with van der Waals surface area (Å²) in [4.78, 5) is 29.6. The summed E-state index contributed by atoms with van der Waals surface area (Å²) in [5.41, 5.74) is 1.69. The number of hydrogen-bond acceptors (Lipinski definition) is 4. The largest absolute Gasteiger partial charge is 0.478 e. The number of carbonyl (C=O) groups is 2. The Labute approximate surface area is 146 Å². The fourth-order valence-corrected chi connectivity index (χ4v) is 3.08. The lowest BCUT2D eigenvalue weighted by Gasteiger charge is -2.33. The Balaban J connectivity index is 1.49. The highest BCUT2D eigenvalue weighted by Crippen LogP contribution is 2.22. The van der Waals surface area contributed by atoms with E-state index in [1.54, 1.807) is 24.5 Å². The van der Waals surface area contributed by atoms with Crippen molar-refractivity contribution in [3.05, 3.63) is 59.9 Å². The van der Waals surface area contributed by atoms with Crippen LogP contribution in [0.3, 0.4) is 0 Å². The van der Waals surface area contributed by atoms with Gasteiger partial charge in [-0.05, 0) is 49.1 Å². The summed E-state index contributed by atoms with van der Waals surface area (Å²) in [6.45, 7) is 2.53. The monoisotopic (exact) mass is 339 g/mol. The van der Waals surface area contributed by atoms with Gasteiger partial charge >= 0.3 is 5.97 Å². The standard InChI is InChI=1S/C19H21N3O3/c23-18(15-2-1-3-16(12-15)19(24)25)21-13-14-6-10-22(11-7-14)17-4-8-20-9-5-17/h1-5,8-9,12,14H,6-7,10-11,13H2,(H,21,23)(H,24,25). The first-order valence-corrected chi connectivity index (χ1v) is 8.40. The Hall–Kier alpha value is -2.89. The Morgan fingerprint density at radius 2 is 1.80 bits per heavy atom. The molecule has 3 rings (SSSR count). The molecule has 1 fully saturated rings. The highest BCUT2D eigenvalue weighted by atomic mass is 16.4. The van der Waals surface area contributed by atoms with Gasteiger partial charge in [0.1, 0.15) is 0 Å². The van der Waals surface area contributed by atoms with Crippen LogP contribution in [-0.2, 0) is 0 Å². The van der Waals surface area contributed by atoms with E-state index in [4.69, 9.17) is 5.11 Å². The molecule has 25 heavy (non-hydrogen) atoms. The summed E-state index contributed by atoms with van der Waals surface area (Å²) in [5.74, 6) is -0.817. The van der Waals surface area contributed by atoms with Crippen LogP contribution < -0.4 is 10.2 Å². The van der Waals surface area contributed by atoms with Gasteiger partial charge in [-0.2, -0.15) is 0 Å². The van der Waals surface area contributed by atoms with Gasteiger partial charge in [0.25, 0.3) is 5.91 Å². The molecule has 130 valence electrons. The van der Waals surface area contributed by atoms with Crippen LogP contribution in [0.25, 0.3) is 0 Å². The van der Waals surface area contributed by atoms with E-state index in [1.807, 2.05) is 12.1 Å². The average Bonchev–Trinajstić information content (AvgIpc) is 2.67. The fourth-order valence-electron chi connectivity index (χ4n) is 3.08. The molecule has 2 N–H and O–H groups in total. The zero-order valence-corrected chi connectivity index (χ0v) is 13.9. The number of pyridine rings is 1. The third-order valence-corrected chi connectivity index (χ3v) is 4.57. The molecule has 1 aromatic carbocycles. The van der Waals surface area contributed by atoms with Gasteiger partial charge in [-0.15, -0.1) is 0 Å². The van der Waals surface area contributed by atoms with E-state index in [9.17, 15) is 9.59 Å². The van der Waals surface area contributed by atoms with Crippen molar-refractivity contribution in [1.82, 2.24) is 10.3 Å². The molecule has 1 aliphatic heterocycles. The highest BCUT2D eigenvalue weighted by molar-refractivity contribution is 5.97. The molecule has 0 saturated carbocycles. The second kappa shape index (κ2) is 7.79. The number of anilines is 1. The molecule has 0 spiro atoms. The second-order valence-electron chi connectivity index (χ2n) is 6.23. The van der Waals surface area contributed by atoms with Crippen molar-refractivity contribution >= 4 is 17.6 Å². The molecular formula is C19H21N3O3. The van der Waals surface area contributed by atoms with E-state index in [-0.39, 0.29) is 11.5 Å². The van der Waals surface area contributed by atoms with Crippen LogP contribution in [0.1, 0.15) is 33.6 Å². The average molecular weight is 339 g/mol. The van der Waals surface area contributed by atoms with Gasteiger partial charge in [0.15, 0.2) is 0 Å². The highest BCUT2D eigenvalue weighted by Gasteiger charge is 2.20. The molecule has 2 heterocycles. The SMILES string of the molecule is O=C(O)c1cccc(C(=O)NCC2CCN(c3ccncc3)CC2)c1. The summed E-state index contributed by atoms with van der Waals surface area (Å²) >= 11 is 0. The first-order valence-electron chi connectivity index (χ1n) is 8.40. The predicted octanol–water partition coefficient (Wildman–Crippen LogP) is 2.43. The Morgan fingerprint density at radius 1 is 1.12 bits per heavy atom. The first-order chi connectivity index (χ1) is 12.1. The van der Waals surface area contributed by atoms with Gasteiger partial charge in [-0.3, -0.25) is 9.78 Å². The molecule has 1 saturated heterocycles. The molecule has 1 aliphatic rings. The van der Waals surface area contributed by atoms with Gasteiger partial charge in [-0.1, -0.05) is 6.07 Å². The Kier molecular flexibility index (Phi) is 5.28. The van der Waals surface area contributed by atoms with E-state index in [0.717, 1.165) is 25.9 Å². The molecule has 6 heteroatoms. The number of carboxylic acid groups (broad SMARTS) is 1. The molecule has 0 bridgehead atoms. The normalized spacial score (nSPS) is 15.0. The summed E-state index contributed by atoms with van der Waals surface area (Å²) in [5, 5.41) is 11.9. The van der Waals surface area contributed by atoms with Gasteiger partial charge < -0.3 is 15.3 Å². The molecule has 2 aromatic rings. The number of aromatic carboxylic acids is 1. The van der Waals surface area contributed by atoms with Gasteiger partial charge in [0, 0.05) is 43.3 Å². The van der Waals surface area contributed by atoms with Crippen LogP contribution >= 0.6 is 0 Å². The molecular weight excluding hydrogens is 318 g/mol. The van der Waals surface area contributed by atoms with Gasteiger partial charge in [-0.25, -0.2) is 4.79 Å². The number of piperidine rings is 1. The van der Waals surface area contributed by atoms with Crippen LogP contribution in [0.2, 0.25) is 0 Å². The van der Waals surface area contributed by atoms with Crippen molar-refractivity contribution in [2.45, 2.75) is 12.8 Å². The van der Waals surface area contributed by atoms with Crippen LogP contribution in [0.4, 0.5) is 5.69 Å². The maximum absolute atomic E-state index is 12.2. The number of rotatable bonds is 5. The fraction of sp³-hybridized carbons (Fsp3) is 0.316. The molecule has 0 atom stereocenters. The molecule has 0 unspecified atom stereocenters. The van der Waals surface area contributed by atoms with Crippen molar-refractivity contribution in [2.75, 3.05) is 24.5 Å². The molecule has 0 radical (unpaired) electrons. The lowest BCUT2D eigenvalue weighted by atomic mass is 9.96. The van der Waals surface area contributed by atoms with Crippen LogP contribution in [0.5, 0.6) is 0 Å². The Morgan fingerprint density at radius 3 is 2.48 bits per heavy atom. The lowest BCUT2D eigenvalue weighted by molar-refractivity contribution is 0.0697. The minimum atomic E-state index is -1.03. The first kappa shape index (κ1) is 17.0. The van der Waals surface area contributed by atoms with E-state index in [1.165, 1.54) is 17.8 Å². The number of amides is 1. The summed E-state index contributed by atoms with van der Waals surface area (Å²) in [6.07, 6.45) is 5.62. The summed E-state index contributed by atoms with van der Waals surface area (Å²) < 4.78 is 0. The van der Waals surface area contributed by atoms with E-state index >= 15 is 0 Å². The molecule has 6 nitrogen and oxygen atoms in total. The minimum absolute atomic E-state index is 0.123. The molecule has 1 aromatic heterocycles. The van der Waals surface area contributed by atoms with Crippen molar-refractivity contribution < 1.29 is 14.7 Å². The predicted molar refractivity (Wildman–Crippen MR) is 94.9 cm³/mol. The minimum Gasteiger partial charge on any atom is -0.478 e. The second-order valence-corrected chi connectivity index (χ2v) is 6.23. The number of hydrogen-bond donors (Lipinski definition) is 2. The van der Waals surface area contributed by atoms with E-state index < -0.39 is 5.97 Å². The number of nitrogens with one attached hydrogen (secondary N) is 1. The summed E-state index contributed by atoms with van der Waals surface area (Å²) in [7, 11) is 0. The molecule has 1 amide bonds. The summed E-state index contributed by atoms with van der Waals surface area (Å²) in [6, 6.07) is 10.1. The third kappa shape index (κ3) is 4.35. The van der Waals surface area contributed by atoms with Crippen LogP contribution in [-0.4, -0.2) is 41.6 Å². The van der Waals surface area contributed by atoms with Crippen LogP contribution in [0.15, 0.2) is 48.8 Å². The number of benzene rings is 1. The molecule has 0 aliphatic carbocycles. The maximum Gasteiger partial charge on any atom is 0.335 e. The zero-order chi connectivity index (χ0) is 17.6. The quantitative estimate of drug-likeness (QED) is 0.874. The Bertz CT molecular complexity index is 741. The third-order valence-electron chi connectivity index (χ3n) is 4.57. The van der Waals surface area contributed by atoms with Crippen molar-refractivity contribution in [3.63, 3.8) is 0 Å². The lowest BCUT2D eigenvalue weighted by Crippen LogP contribution is -2.38.